The van der Waals surface area contributed by atoms with Gasteiger partial charge in [-0.05, 0) is 47.3 Å². The van der Waals surface area contributed by atoms with Gasteiger partial charge >= 0.3 is 0 Å². The monoisotopic (exact) mass is 332 g/mol. The molecule has 0 bridgehead atoms. The number of nitrogens with zero attached hydrogens (tertiary/aromatic N) is 1. The number of benzene rings is 1. The van der Waals surface area contributed by atoms with Gasteiger partial charge in [-0.1, -0.05) is 31.9 Å². The smallest absolute Gasteiger partial charge is 0.0868 e. The number of nitrogens with one attached hydrogen (secondary N) is 1. The summed E-state index contributed by atoms with van der Waals surface area (Å²) < 4.78 is 1.09. The SMILES string of the molecule is CCCNc1cc(C2CCCC2)nc2c(Br)cccc12. The first-order valence-electron chi connectivity index (χ1n) is 7.62. The standard InChI is InChI=1S/C17H21BrN2/c1-2-10-19-16-11-15(12-6-3-4-7-12)20-17-13(16)8-5-9-14(17)18/h5,8-9,11-12H,2-4,6-7,10H2,1H3,(H,19,20). The van der Waals surface area contributed by atoms with Crippen LogP contribution in [-0.4, -0.2) is 11.5 Å². The maximum Gasteiger partial charge on any atom is 0.0868 e. The molecule has 1 saturated carbocycles. The molecule has 1 N–H and O–H groups in total. The lowest BCUT2D eigenvalue weighted by Crippen LogP contribution is -2.04. The third-order valence-electron chi connectivity index (χ3n) is 4.15. The predicted molar refractivity (Wildman–Crippen MR) is 89.4 cm³/mol. The van der Waals surface area contributed by atoms with Crippen LogP contribution in [0.3, 0.4) is 0 Å². The number of aromatic nitrogens is 1. The zero-order chi connectivity index (χ0) is 13.9. The van der Waals surface area contributed by atoms with Crippen molar-refractivity contribution < 1.29 is 0 Å². The maximum atomic E-state index is 4.94. The van der Waals surface area contributed by atoms with Gasteiger partial charge in [-0.3, -0.25) is 4.98 Å². The fourth-order valence-corrected chi connectivity index (χ4v) is 3.52. The van der Waals surface area contributed by atoms with Crippen LogP contribution in [0.5, 0.6) is 0 Å². The minimum absolute atomic E-state index is 0.647. The number of hydrogen-bond acceptors (Lipinski definition) is 2. The van der Waals surface area contributed by atoms with E-state index in [1.807, 2.05) is 0 Å². The number of fused-ring (bicyclic) bond motifs is 1. The van der Waals surface area contributed by atoms with Crippen molar-refractivity contribution in [3.8, 4) is 0 Å². The Morgan fingerprint density at radius 2 is 2.10 bits per heavy atom. The molecule has 2 aromatic rings. The molecule has 1 heterocycles. The van der Waals surface area contributed by atoms with Crippen LogP contribution in [0.1, 0.15) is 50.6 Å². The van der Waals surface area contributed by atoms with Crippen molar-refractivity contribution in [2.24, 2.45) is 0 Å². The van der Waals surface area contributed by atoms with Gasteiger partial charge < -0.3 is 5.32 Å². The Kier molecular flexibility index (Phi) is 4.25. The average molecular weight is 333 g/mol. The van der Waals surface area contributed by atoms with E-state index in [9.17, 15) is 0 Å². The summed E-state index contributed by atoms with van der Waals surface area (Å²) in [6, 6.07) is 8.60. The highest BCUT2D eigenvalue weighted by molar-refractivity contribution is 9.10. The summed E-state index contributed by atoms with van der Waals surface area (Å²) in [6.45, 7) is 3.21. The number of hydrogen-bond donors (Lipinski definition) is 1. The van der Waals surface area contributed by atoms with E-state index in [0.29, 0.717) is 5.92 Å². The largest absolute Gasteiger partial charge is 0.384 e. The van der Waals surface area contributed by atoms with E-state index in [1.54, 1.807) is 0 Å². The summed E-state index contributed by atoms with van der Waals surface area (Å²) in [6.07, 6.45) is 6.40. The molecule has 20 heavy (non-hydrogen) atoms. The number of anilines is 1. The van der Waals surface area contributed by atoms with Gasteiger partial charge in [-0.2, -0.15) is 0 Å². The first-order chi connectivity index (χ1) is 9.79. The van der Waals surface area contributed by atoms with Gasteiger partial charge in [0.1, 0.15) is 0 Å². The Morgan fingerprint density at radius 3 is 2.85 bits per heavy atom. The molecule has 3 heteroatoms. The third kappa shape index (κ3) is 2.69. The molecule has 0 radical (unpaired) electrons. The number of para-hydroxylation sites is 1. The summed E-state index contributed by atoms with van der Waals surface area (Å²) in [7, 11) is 0. The molecule has 1 aliphatic carbocycles. The van der Waals surface area contributed by atoms with Gasteiger partial charge in [0, 0.05) is 33.7 Å². The lowest BCUT2D eigenvalue weighted by molar-refractivity contribution is 0.701. The Hall–Kier alpha value is -1.09. The minimum Gasteiger partial charge on any atom is -0.384 e. The molecule has 1 aromatic heterocycles. The van der Waals surface area contributed by atoms with Crippen molar-refractivity contribution in [3.63, 3.8) is 0 Å². The molecule has 2 nitrogen and oxygen atoms in total. The fraction of sp³-hybridized carbons (Fsp3) is 0.471. The second-order valence-electron chi connectivity index (χ2n) is 5.64. The van der Waals surface area contributed by atoms with Crippen LogP contribution in [0.4, 0.5) is 5.69 Å². The molecule has 0 amide bonds. The van der Waals surface area contributed by atoms with Gasteiger partial charge in [-0.15, -0.1) is 0 Å². The van der Waals surface area contributed by atoms with Gasteiger partial charge in [0.25, 0.3) is 0 Å². The molecule has 1 aromatic carbocycles. The molecule has 0 unspecified atom stereocenters. The minimum atomic E-state index is 0.647. The first kappa shape index (κ1) is 13.9. The predicted octanol–water partition coefficient (Wildman–Crippen LogP) is 5.48. The highest BCUT2D eigenvalue weighted by Gasteiger charge is 2.20. The van der Waals surface area contributed by atoms with Crippen LogP contribution in [0.15, 0.2) is 28.7 Å². The topological polar surface area (TPSA) is 24.9 Å². The highest BCUT2D eigenvalue weighted by Crippen LogP contribution is 2.37. The van der Waals surface area contributed by atoms with Gasteiger partial charge in [0.15, 0.2) is 0 Å². The molecule has 0 spiro atoms. The normalized spacial score (nSPS) is 15.9. The number of rotatable bonds is 4. The number of halogens is 1. The van der Waals surface area contributed by atoms with Crippen LogP contribution in [0.25, 0.3) is 10.9 Å². The van der Waals surface area contributed by atoms with Crippen molar-refractivity contribution in [3.05, 3.63) is 34.4 Å². The second-order valence-corrected chi connectivity index (χ2v) is 6.49. The van der Waals surface area contributed by atoms with E-state index >= 15 is 0 Å². The average Bonchev–Trinajstić information content (AvgIpc) is 2.99. The Bertz CT molecular complexity index is 603. The van der Waals surface area contributed by atoms with E-state index in [-0.39, 0.29) is 0 Å². The third-order valence-corrected chi connectivity index (χ3v) is 4.79. The van der Waals surface area contributed by atoms with Crippen LogP contribution in [0.2, 0.25) is 0 Å². The Morgan fingerprint density at radius 1 is 1.30 bits per heavy atom. The lowest BCUT2D eigenvalue weighted by atomic mass is 10.0. The van der Waals surface area contributed by atoms with E-state index in [4.69, 9.17) is 4.98 Å². The summed E-state index contributed by atoms with van der Waals surface area (Å²) in [4.78, 5) is 4.94. The van der Waals surface area contributed by atoms with Gasteiger partial charge in [0.05, 0.1) is 5.52 Å². The zero-order valence-corrected chi connectivity index (χ0v) is 13.5. The number of pyridine rings is 1. The van der Waals surface area contributed by atoms with Crippen LogP contribution >= 0.6 is 15.9 Å². The van der Waals surface area contributed by atoms with Crippen molar-refractivity contribution in [1.29, 1.82) is 0 Å². The second kappa shape index (κ2) is 6.13. The molecule has 0 aliphatic heterocycles. The molecule has 3 rings (SSSR count). The summed E-state index contributed by atoms with van der Waals surface area (Å²) in [5.41, 5.74) is 3.59. The fourth-order valence-electron chi connectivity index (χ4n) is 3.07. The van der Waals surface area contributed by atoms with Crippen LogP contribution in [-0.2, 0) is 0 Å². The van der Waals surface area contributed by atoms with Gasteiger partial charge in [-0.25, -0.2) is 0 Å². The van der Waals surface area contributed by atoms with E-state index in [0.717, 1.165) is 23.0 Å². The Balaban J connectivity index is 2.09. The summed E-state index contributed by atoms with van der Waals surface area (Å²) in [5.74, 6) is 0.647. The van der Waals surface area contributed by atoms with Crippen molar-refractivity contribution in [1.82, 2.24) is 4.98 Å². The zero-order valence-electron chi connectivity index (χ0n) is 12.0. The molecular formula is C17H21BrN2. The first-order valence-corrected chi connectivity index (χ1v) is 8.42. The molecule has 1 fully saturated rings. The summed E-state index contributed by atoms with van der Waals surface area (Å²) >= 11 is 3.65. The van der Waals surface area contributed by atoms with Crippen molar-refractivity contribution in [2.45, 2.75) is 44.9 Å². The molecule has 106 valence electrons. The highest BCUT2D eigenvalue weighted by atomic mass is 79.9. The lowest BCUT2D eigenvalue weighted by Gasteiger charge is -2.15. The van der Waals surface area contributed by atoms with Crippen LogP contribution < -0.4 is 5.32 Å². The quantitative estimate of drug-likeness (QED) is 0.802. The van der Waals surface area contributed by atoms with Gasteiger partial charge in [0.2, 0.25) is 0 Å². The van der Waals surface area contributed by atoms with Crippen molar-refractivity contribution in [2.75, 3.05) is 11.9 Å². The molecular weight excluding hydrogens is 312 g/mol. The molecule has 0 atom stereocenters. The molecule has 1 aliphatic rings. The van der Waals surface area contributed by atoms with Crippen molar-refractivity contribution >= 4 is 32.5 Å². The Labute approximate surface area is 129 Å². The molecule has 0 saturated heterocycles. The summed E-state index contributed by atoms with van der Waals surface area (Å²) in [5, 5.41) is 4.78. The van der Waals surface area contributed by atoms with E-state index in [2.05, 4.69) is 52.4 Å². The van der Waals surface area contributed by atoms with E-state index < -0.39 is 0 Å². The van der Waals surface area contributed by atoms with E-state index in [1.165, 1.54) is 42.5 Å². The van der Waals surface area contributed by atoms with Crippen LogP contribution in [0, 0.1) is 0 Å². The maximum absolute atomic E-state index is 4.94.